The molecule has 1 aliphatic rings. The van der Waals surface area contributed by atoms with Gasteiger partial charge in [-0.1, -0.05) is 30.8 Å². The van der Waals surface area contributed by atoms with Crippen molar-refractivity contribution in [3.05, 3.63) is 36.0 Å². The van der Waals surface area contributed by atoms with E-state index in [-0.39, 0.29) is 5.24 Å². The molecule has 4 heteroatoms. The zero-order valence-corrected chi connectivity index (χ0v) is 7.66. The van der Waals surface area contributed by atoms with Gasteiger partial charge < -0.3 is 0 Å². The number of amides is 1. The predicted octanol–water partition coefficient (Wildman–Crippen LogP) is 2.35. The molecule has 0 radical (unpaired) electrons. The summed E-state index contributed by atoms with van der Waals surface area (Å²) < 4.78 is 0. The molecule has 1 N–H and O–H groups in total. The lowest BCUT2D eigenvalue weighted by molar-refractivity contribution is 0.245. The highest BCUT2D eigenvalue weighted by Crippen LogP contribution is 2.22. The van der Waals surface area contributed by atoms with Crippen LogP contribution in [-0.4, -0.2) is 10.2 Å². The van der Waals surface area contributed by atoms with E-state index in [1.807, 2.05) is 30.3 Å². The van der Waals surface area contributed by atoms with E-state index in [1.54, 1.807) is 6.20 Å². The van der Waals surface area contributed by atoms with Gasteiger partial charge in [0.05, 0.1) is 5.69 Å². The number of hydrazine groups is 1. The Morgan fingerprint density at radius 1 is 1.38 bits per heavy atom. The van der Waals surface area contributed by atoms with Crippen LogP contribution in [0.2, 0.25) is 0 Å². The normalized spacial score (nSPS) is 13.5. The van der Waals surface area contributed by atoms with Crippen molar-refractivity contribution >= 4 is 29.6 Å². The predicted molar refractivity (Wildman–Crippen MR) is 55.3 cm³/mol. The van der Waals surface area contributed by atoms with Gasteiger partial charge in [-0.25, -0.2) is 5.01 Å². The Hall–Kier alpha value is -1.42. The van der Waals surface area contributed by atoms with Gasteiger partial charge in [0.1, 0.15) is 0 Å². The minimum absolute atomic E-state index is 0.328. The SMILES string of the molecule is O=C(S)N1C=Cc2ccccc2N1. The molecule has 1 amide bonds. The molecule has 0 fully saturated rings. The van der Waals surface area contributed by atoms with Gasteiger partial charge in [0.2, 0.25) is 0 Å². The van der Waals surface area contributed by atoms with Crippen LogP contribution in [0.5, 0.6) is 0 Å². The average molecular weight is 192 g/mol. The van der Waals surface area contributed by atoms with E-state index in [9.17, 15) is 4.79 Å². The first kappa shape index (κ1) is 8.19. The van der Waals surface area contributed by atoms with Crippen LogP contribution in [0.3, 0.4) is 0 Å². The highest BCUT2D eigenvalue weighted by Gasteiger charge is 2.11. The summed E-state index contributed by atoms with van der Waals surface area (Å²) in [6, 6.07) is 7.73. The van der Waals surface area contributed by atoms with Gasteiger partial charge in [0.15, 0.2) is 0 Å². The van der Waals surface area contributed by atoms with Crippen LogP contribution in [-0.2, 0) is 0 Å². The molecule has 0 spiro atoms. The third kappa shape index (κ3) is 1.53. The number of carbonyl (C=O) groups excluding carboxylic acids is 1. The number of benzene rings is 1. The van der Waals surface area contributed by atoms with Gasteiger partial charge in [0.25, 0.3) is 0 Å². The zero-order chi connectivity index (χ0) is 9.26. The van der Waals surface area contributed by atoms with E-state index in [0.717, 1.165) is 11.3 Å². The van der Waals surface area contributed by atoms with Gasteiger partial charge in [-0.05, 0) is 12.1 Å². The standard InChI is InChI=1S/C9H8N2OS/c12-9(13)11-6-5-7-3-1-2-4-8(7)10-11/h1-6,10H,(H,12,13). The lowest BCUT2D eigenvalue weighted by Crippen LogP contribution is -2.28. The summed E-state index contributed by atoms with van der Waals surface area (Å²) in [5.74, 6) is 0. The molecule has 13 heavy (non-hydrogen) atoms. The first-order valence-electron chi connectivity index (χ1n) is 3.83. The van der Waals surface area contributed by atoms with E-state index in [1.165, 1.54) is 5.01 Å². The average Bonchev–Trinajstić information content (AvgIpc) is 2.17. The first-order chi connectivity index (χ1) is 6.27. The largest absolute Gasteiger partial charge is 0.301 e. The third-order valence-electron chi connectivity index (χ3n) is 1.81. The number of carbonyl (C=O) groups is 1. The van der Waals surface area contributed by atoms with Crippen LogP contribution in [0.15, 0.2) is 30.5 Å². The molecule has 0 saturated heterocycles. The summed E-state index contributed by atoms with van der Waals surface area (Å²) >= 11 is 3.71. The lowest BCUT2D eigenvalue weighted by Gasteiger charge is -2.23. The molecule has 0 atom stereocenters. The Kier molecular flexibility index (Phi) is 1.98. The van der Waals surface area contributed by atoms with Crippen molar-refractivity contribution in [2.75, 3.05) is 5.43 Å². The maximum absolute atomic E-state index is 10.9. The fourth-order valence-corrected chi connectivity index (χ4v) is 1.29. The molecule has 66 valence electrons. The van der Waals surface area contributed by atoms with Crippen molar-refractivity contribution < 1.29 is 4.79 Å². The molecule has 0 unspecified atom stereocenters. The molecule has 0 aromatic heterocycles. The van der Waals surface area contributed by atoms with Crippen LogP contribution in [0.4, 0.5) is 10.5 Å². The van der Waals surface area contributed by atoms with Crippen LogP contribution in [0.1, 0.15) is 5.56 Å². The second-order valence-corrected chi connectivity index (χ2v) is 3.05. The summed E-state index contributed by atoms with van der Waals surface area (Å²) in [5, 5.41) is 0.997. The fourth-order valence-electron chi connectivity index (χ4n) is 1.18. The maximum atomic E-state index is 10.9. The van der Waals surface area contributed by atoms with Gasteiger partial charge in [-0.3, -0.25) is 10.2 Å². The van der Waals surface area contributed by atoms with Crippen molar-refractivity contribution in [1.29, 1.82) is 0 Å². The number of anilines is 1. The molecule has 2 rings (SSSR count). The van der Waals surface area contributed by atoms with Gasteiger partial charge in [-0.2, -0.15) is 0 Å². The quantitative estimate of drug-likeness (QED) is 0.618. The second kappa shape index (κ2) is 3.14. The number of nitrogens with one attached hydrogen (secondary N) is 1. The van der Waals surface area contributed by atoms with Crippen molar-refractivity contribution in [2.45, 2.75) is 0 Å². The molecule has 1 aliphatic heterocycles. The number of fused-ring (bicyclic) bond motifs is 1. The maximum Gasteiger partial charge on any atom is 0.301 e. The Morgan fingerprint density at radius 3 is 2.92 bits per heavy atom. The highest BCUT2D eigenvalue weighted by molar-refractivity contribution is 7.96. The van der Waals surface area contributed by atoms with Crippen molar-refractivity contribution in [3.63, 3.8) is 0 Å². The summed E-state index contributed by atoms with van der Waals surface area (Å²) in [7, 11) is 0. The Bertz CT molecular complexity index is 376. The molecule has 0 bridgehead atoms. The topological polar surface area (TPSA) is 32.3 Å². The number of rotatable bonds is 0. The summed E-state index contributed by atoms with van der Waals surface area (Å²) in [6.07, 6.45) is 3.51. The number of nitrogens with zero attached hydrogens (tertiary/aromatic N) is 1. The number of hydrogen-bond acceptors (Lipinski definition) is 2. The second-order valence-electron chi connectivity index (χ2n) is 2.67. The Morgan fingerprint density at radius 2 is 2.15 bits per heavy atom. The van der Waals surface area contributed by atoms with Crippen LogP contribution in [0, 0.1) is 0 Å². The summed E-state index contributed by atoms with van der Waals surface area (Å²) in [6.45, 7) is 0. The van der Waals surface area contributed by atoms with Crippen LogP contribution < -0.4 is 5.43 Å². The summed E-state index contributed by atoms with van der Waals surface area (Å²) in [4.78, 5) is 10.9. The molecule has 0 aliphatic carbocycles. The van der Waals surface area contributed by atoms with Crippen molar-refractivity contribution in [3.8, 4) is 0 Å². The summed E-state index contributed by atoms with van der Waals surface area (Å²) in [5.41, 5.74) is 4.89. The Balaban J connectivity index is 2.34. The number of hydrogen-bond donors (Lipinski definition) is 2. The fraction of sp³-hybridized carbons (Fsp3) is 0. The lowest BCUT2D eigenvalue weighted by atomic mass is 10.1. The first-order valence-corrected chi connectivity index (χ1v) is 4.28. The van der Waals surface area contributed by atoms with E-state index < -0.39 is 0 Å². The minimum atomic E-state index is -0.328. The van der Waals surface area contributed by atoms with Crippen molar-refractivity contribution in [1.82, 2.24) is 5.01 Å². The monoisotopic (exact) mass is 192 g/mol. The molecule has 0 saturated carbocycles. The Labute approximate surface area is 81.4 Å². The number of para-hydroxylation sites is 1. The highest BCUT2D eigenvalue weighted by atomic mass is 32.1. The van der Waals surface area contributed by atoms with Gasteiger partial charge in [-0.15, -0.1) is 0 Å². The van der Waals surface area contributed by atoms with E-state index in [2.05, 4.69) is 18.1 Å². The van der Waals surface area contributed by atoms with Crippen molar-refractivity contribution in [2.24, 2.45) is 0 Å². The van der Waals surface area contributed by atoms with E-state index in [0.29, 0.717) is 0 Å². The molecular weight excluding hydrogens is 184 g/mol. The minimum Gasteiger partial charge on any atom is -0.291 e. The van der Waals surface area contributed by atoms with Gasteiger partial charge in [0, 0.05) is 11.8 Å². The van der Waals surface area contributed by atoms with E-state index in [4.69, 9.17) is 0 Å². The molecular formula is C9H8N2OS. The number of thiol groups is 1. The van der Waals surface area contributed by atoms with Crippen LogP contribution in [0.25, 0.3) is 6.08 Å². The molecule has 3 nitrogen and oxygen atoms in total. The molecule has 1 aromatic rings. The smallest absolute Gasteiger partial charge is 0.291 e. The van der Waals surface area contributed by atoms with Crippen LogP contribution >= 0.6 is 12.6 Å². The third-order valence-corrected chi connectivity index (χ3v) is 2.03. The van der Waals surface area contributed by atoms with Gasteiger partial charge >= 0.3 is 5.24 Å². The molecule has 1 heterocycles. The molecule has 1 aromatic carbocycles. The zero-order valence-electron chi connectivity index (χ0n) is 6.77. The van der Waals surface area contributed by atoms with E-state index >= 15 is 0 Å².